The Morgan fingerprint density at radius 1 is 1.00 bits per heavy atom. The summed E-state index contributed by atoms with van der Waals surface area (Å²) in [6.07, 6.45) is 3.54. The Hall–Kier alpha value is -3.45. The Labute approximate surface area is 156 Å². The van der Waals surface area contributed by atoms with Crippen molar-refractivity contribution in [3.63, 3.8) is 0 Å². The van der Waals surface area contributed by atoms with Gasteiger partial charge in [-0.2, -0.15) is 10.2 Å². The van der Waals surface area contributed by atoms with E-state index in [4.69, 9.17) is 4.74 Å². The quantitative estimate of drug-likeness (QED) is 0.573. The minimum absolute atomic E-state index is 0.299. The van der Waals surface area contributed by atoms with Crippen LogP contribution in [0.15, 0.2) is 67.0 Å². The maximum Gasteiger partial charge on any atom is 0.277 e. The molecule has 2 heterocycles. The van der Waals surface area contributed by atoms with E-state index in [0.29, 0.717) is 24.8 Å². The summed E-state index contributed by atoms with van der Waals surface area (Å²) in [7, 11) is 1.57. The molecule has 27 heavy (non-hydrogen) atoms. The average Bonchev–Trinajstić information content (AvgIpc) is 3.32. The summed E-state index contributed by atoms with van der Waals surface area (Å²) in [6, 6.07) is 17.9. The van der Waals surface area contributed by atoms with Crippen molar-refractivity contribution >= 4 is 22.5 Å². The van der Waals surface area contributed by atoms with Gasteiger partial charge in [-0.1, -0.05) is 42.5 Å². The zero-order chi connectivity index (χ0) is 18.6. The highest BCUT2D eigenvalue weighted by molar-refractivity contribution is 6.02. The lowest BCUT2D eigenvalue weighted by atomic mass is 10.0. The van der Waals surface area contributed by atoms with Crippen LogP contribution >= 0.6 is 0 Å². The molecule has 0 radical (unpaired) electrons. The van der Waals surface area contributed by atoms with Crippen molar-refractivity contribution in [1.29, 1.82) is 0 Å². The number of methoxy groups -OCH3 is 1. The molecule has 0 aliphatic heterocycles. The van der Waals surface area contributed by atoms with Crippen LogP contribution in [0, 0.1) is 0 Å². The van der Waals surface area contributed by atoms with Crippen LogP contribution in [-0.2, 0) is 18.0 Å². The van der Waals surface area contributed by atoms with Gasteiger partial charge in [0, 0.05) is 25.6 Å². The molecule has 2 aromatic carbocycles. The highest BCUT2D eigenvalue weighted by Gasteiger charge is 2.11. The zero-order valence-electron chi connectivity index (χ0n) is 14.9. The lowest BCUT2D eigenvalue weighted by molar-refractivity contribution is 0.101. The van der Waals surface area contributed by atoms with Gasteiger partial charge in [-0.3, -0.25) is 9.48 Å². The minimum atomic E-state index is -0.305. The van der Waals surface area contributed by atoms with Crippen LogP contribution in [0.25, 0.3) is 10.8 Å². The third-order valence-electron chi connectivity index (χ3n) is 4.23. The van der Waals surface area contributed by atoms with E-state index in [-0.39, 0.29) is 5.91 Å². The van der Waals surface area contributed by atoms with Gasteiger partial charge in [0.05, 0.1) is 6.54 Å². The van der Waals surface area contributed by atoms with Gasteiger partial charge >= 0.3 is 0 Å². The molecule has 0 bridgehead atoms. The molecule has 2 aromatic heterocycles. The summed E-state index contributed by atoms with van der Waals surface area (Å²) in [5, 5.41) is 13.8. The van der Waals surface area contributed by atoms with Gasteiger partial charge in [0.25, 0.3) is 5.91 Å². The lowest BCUT2D eigenvalue weighted by Gasteiger charge is -2.06. The monoisotopic (exact) mass is 361 g/mol. The number of rotatable bonds is 6. The summed E-state index contributed by atoms with van der Waals surface area (Å²) in [5.41, 5.74) is 1.49. The zero-order valence-corrected chi connectivity index (χ0v) is 14.9. The normalized spacial score (nSPS) is 11.0. The van der Waals surface area contributed by atoms with Gasteiger partial charge < -0.3 is 10.1 Å². The largest absolute Gasteiger partial charge is 0.362 e. The van der Waals surface area contributed by atoms with Crippen molar-refractivity contribution in [2.45, 2.75) is 13.3 Å². The van der Waals surface area contributed by atoms with Crippen molar-refractivity contribution in [3.8, 4) is 0 Å². The molecule has 0 spiro atoms. The van der Waals surface area contributed by atoms with Gasteiger partial charge in [-0.15, -0.1) is 0 Å². The molecule has 0 fully saturated rings. The van der Waals surface area contributed by atoms with E-state index in [0.717, 1.165) is 0 Å². The Balaban J connectivity index is 1.47. The highest BCUT2D eigenvalue weighted by Crippen LogP contribution is 2.19. The standard InChI is InChI=1S/C20H19N5O2/c1-27-14-25-11-9-18(22-25)20(26)21-19-10-12-24(23-19)13-16-7-4-6-15-5-2-3-8-17(15)16/h2-12H,13-14H2,1H3,(H,21,23,26). The maximum absolute atomic E-state index is 12.3. The third kappa shape index (κ3) is 3.73. The first-order chi connectivity index (χ1) is 13.2. The first kappa shape index (κ1) is 17.0. The fourth-order valence-electron chi connectivity index (χ4n) is 2.99. The molecule has 0 saturated carbocycles. The Bertz CT molecular complexity index is 1080. The smallest absolute Gasteiger partial charge is 0.277 e. The molecule has 0 saturated heterocycles. The molecule has 1 N–H and O–H groups in total. The first-order valence-electron chi connectivity index (χ1n) is 8.57. The number of nitrogens with zero attached hydrogens (tertiary/aromatic N) is 4. The van der Waals surface area contributed by atoms with E-state index >= 15 is 0 Å². The van der Waals surface area contributed by atoms with Crippen LogP contribution in [0.2, 0.25) is 0 Å². The number of carbonyl (C=O) groups is 1. The van der Waals surface area contributed by atoms with Crippen LogP contribution < -0.4 is 5.32 Å². The van der Waals surface area contributed by atoms with Crippen molar-refractivity contribution < 1.29 is 9.53 Å². The van der Waals surface area contributed by atoms with Crippen LogP contribution in [0.3, 0.4) is 0 Å². The molecule has 7 nitrogen and oxygen atoms in total. The number of fused-ring (bicyclic) bond motifs is 1. The SMILES string of the molecule is COCn1ccc(C(=O)Nc2ccn(Cc3cccc4ccccc34)n2)n1. The number of carbonyl (C=O) groups excluding carboxylic acids is 1. The van der Waals surface area contributed by atoms with E-state index in [1.165, 1.54) is 16.3 Å². The van der Waals surface area contributed by atoms with Crippen molar-refractivity contribution in [3.05, 3.63) is 78.2 Å². The van der Waals surface area contributed by atoms with Crippen molar-refractivity contribution in [2.75, 3.05) is 12.4 Å². The molecule has 0 aliphatic carbocycles. The fourth-order valence-corrected chi connectivity index (χ4v) is 2.99. The molecule has 0 unspecified atom stereocenters. The Morgan fingerprint density at radius 3 is 2.70 bits per heavy atom. The molecule has 0 aliphatic rings. The predicted octanol–water partition coefficient (Wildman–Crippen LogP) is 3.14. The summed E-state index contributed by atoms with van der Waals surface area (Å²) >= 11 is 0. The second kappa shape index (κ2) is 7.43. The molecule has 4 rings (SSSR count). The molecular formula is C20H19N5O2. The first-order valence-corrected chi connectivity index (χ1v) is 8.57. The van der Waals surface area contributed by atoms with Crippen LogP contribution in [0.5, 0.6) is 0 Å². The van der Waals surface area contributed by atoms with Gasteiger partial charge in [0.15, 0.2) is 11.5 Å². The van der Waals surface area contributed by atoms with E-state index in [2.05, 4.69) is 39.8 Å². The Morgan fingerprint density at radius 2 is 1.81 bits per heavy atom. The predicted molar refractivity (Wildman–Crippen MR) is 102 cm³/mol. The van der Waals surface area contributed by atoms with Crippen LogP contribution in [0.1, 0.15) is 16.1 Å². The molecule has 0 atom stereocenters. The number of hydrogen-bond acceptors (Lipinski definition) is 4. The van der Waals surface area contributed by atoms with Crippen LogP contribution in [-0.4, -0.2) is 32.6 Å². The summed E-state index contributed by atoms with van der Waals surface area (Å²) < 4.78 is 8.34. The van der Waals surface area contributed by atoms with Gasteiger partial charge in [0.1, 0.15) is 6.73 Å². The molecule has 1 amide bonds. The summed E-state index contributed by atoms with van der Waals surface area (Å²) in [4.78, 5) is 12.3. The second-order valence-corrected chi connectivity index (χ2v) is 6.15. The number of benzene rings is 2. The third-order valence-corrected chi connectivity index (χ3v) is 4.23. The Kier molecular flexibility index (Phi) is 4.67. The van der Waals surface area contributed by atoms with E-state index < -0.39 is 0 Å². The average molecular weight is 361 g/mol. The number of hydrogen-bond donors (Lipinski definition) is 1. The topological polar surface area (TPSA) is 74.0 Å². The van der Waals surface area contributed by atoms with Crippen LogP contribution in [0.4, 0.5) is 5.82 Å². The number of ether oxygens (including phenoxy) is 1. The second-order valence-electron chi connectivity index (χ2n) is 6.15. The molecular weight excluding hydrogens is 342 g/mol. The van der Waals surface area contributed by atoms with E-state index in [1.54, 1.807) is 34.8 Å². The fraction of sp³-hybridized carbons (Fsp3) is 0.150. The number of aromatic nitrogens is 4. The number of amides is 1. The number of anilines is 1. The van der Waals surface area contributed by atoms with Crippen molar-refractivity contribution in [2.24, 2.45) is 0 Å². The van der Waals surface area contributed by atoms with E-state index in [1.807, 2.05) is 24.4 Å². The van der Waals surface area contributed by atoms with Gasteiger partial charge in [0.2, 0.25) is 0 Å². The lowest BCUT2D eigenvalue weighted by Crippen LogP contribution is -2.14. The molecule has 7 heteroatoms. The number of nitrogens with one attached hydrogen (secondary N) is 1. The van der Waals surface area contributed by atoms with Gasteiger partial charge in [-0.25, -0.2) is 4.68 Å². The highest BCUT2D eigenvalue weighted by atomic mass is 16.5. The summed E-state index contributed by atoms with van der Waals surface area (Å²) in [5.74, 6) is 0.182. The maximum atomic E-state index is 12.3. The minimum Gasteiger partial charge on any atom is -0.362 e. The van der Waals surface area contributed by atoms with Crippen molar-refractivity contribution in [1.82, 2.24) is 19.6 Å². The van der Waals surface area contributed by atoms with E-state index in [9.17, 15) is 4.79 Å². The molecule has 136 valence electrons. The van der Waals surface area contributed by atoms with Gasteiger partial charge in [-0.05, 0) is 22.4 Å². The summed E-state index contributed by atoms with van der Waals surface area (Å²) in [6.45, 7) is 0.923. The molecule has 4 aromatic rings.